The lowest BCUT2D eigenvalue weighted by Gasteiger charge is -2.21. The number of aryl methyl sites for hydroxylation is 1. The van der Waals surface area contributed by atoms with Gasteiger partial charge in [-0.25, -0.2) is 4.79 Å². The van der Waals surface area contributed by atoms with Crippen molar-refractivity contribution in [1.29, 1.82) is 0 Å². The third-order valence-corrected chi connectivity index (χ3v) is 4.42. The van der Waals surface area contributed by atoms with Crippen molar-refractivity contribution in [3.8, 4) is 0 Å². The third-order valence-electron chi connectivity index (χ3n) is 4.42. The smallest absolute Gasteiger partial charge is 0.315 e. The third kappa shape index (κ3) is 3.37. The van der Waals surface area contributed by atoms with Crippen LogP contribution in [-0.2, 0) is 6.42 Å². The van der Waals surface area contributed by atoms with E-state index in [1.807, 2.05) is 62.4 Å². The van der Waals surface area contributed by atoms with Gasteiger partial charge in [0.25, 0.3) is 0 Å². The Morgan fingerprint density at radius 2 is 1.87 bits per heavy atom. The summed E-state index contributed by atoms with van der Waals surface area (Å²) in [6, 6.07) is 15.2. The molecule has 0 heterocycles. The number of benzene rings is 2. The van der Waals surface area contributed by atoms with Crippen molar-refractivity contribution in [3.63, 3.8) is 0 Å². The minimum Gasteiger partial charge on any atom is -0.390 e. The van der Waals surface area contributed by atoms with Crippen LogP contribution >= 0.6 is 0 Å². The number of hydrogen-bond acceptors (Lipinski definition) is 2. The lowest BCUT2D eigenvalue weighted by atomic mass is 10.1. The molecule has 3 N–H and O–H groups in total. The molecule has 23 heavy (non-hydrogen) atoms. The van der Waals surface area contributed by atoms with Crippen LogP contribution in [0.2, 0.25) is 0 Å². The van der Waals surface area contributed by atoms with Crippen molar-refractivity contribution < 1.29 is 9.90 Å². The Hall–Kier alpha value is -2.33. The first kappa shape index (κ1) is 15.6. The van der Waals surface area contributed by atoms with Gasteiger partial charge in [-0.1, -0.05) is 54.1 Å². The number of rotatable bonds is 3. The van der Waals surface area contributed by atoms with Crippen LogP contribution in [-0.4, -0.2) is 17.2 Å². The number of nitrogens with one attached hydrogen (secondary N) is 2. The molecule has 0 aliphatic heterocycles. The quantitative estimate of drug-likeness (QED) is 0.816. The van der Waals surface area contributed by atoms with E-state index in [1.165, 1.54) is 5.56 Å². The van der Waals surface area contributed by atoms with Gasteiger partial charge in [-0.15, -0.1) is 0 Å². The molecule has 0 saturated carbocycles. The van der Waals surface area contributed by atoms with E-state index < -0.39 is 6.10 Å². The van der Waals surface area contributed by atoms with Gasteiger partial charge in [0.05, 0.1) is 18.2 Å². The Morgan fingerprint density at radius 3 is 2.61 bits per heavy atom. The zero-order chi connectivity index (χ0) is 16.4. The van der Waals surface area contributed by atoms with Gasteiger partial charge in [0, 0.05) is 6.42 Å². The maximum atomic E-state index is 12.3. The molecule has 0 radical (unpaired) electrons. The van der Waals surface area contributed by atoms with Crippen LogP contribution in [0.3, 0.4) is 0 Å². The van der Waals surface area contributed by atoms with Crippen LogP contribution in [0.4, 0.5) is 4.79 Å². The normalized spacial score (nSPS) is 20.7. The van der Waals surface area contributed by atoms with Crippen molar-refractivity contribution in [2.24, 2.45) is 0 Å². The van der Waals surface area contributed by atoms with Crippen LogP contribution in [0.15, 0.2) is 48.5 Å². The van der Waals surface area contributed by atoms with Gasteiger partial charge in [-0.2, -0.15) is 0 Å². The van der Waals surface area contributed by atoms with Crippen molar-refractivity contribution in [2.45, 2.75) is 38.5 Å². The van der Waals surface area contributed by atoms with E-state index in [0.29, 0.717) is 6.42 Å². The van der Waals surface area contributed by atoms with Gasteiger partial charge < -0.3 is 15.7 Å². The van der Waals surface area contributed by atoms with Crippen LogP contribution in [0, 0.1) is 6.92 Å². The molecule has 0 aromatic heterocycles. The zero-order valence-corrected chi connectivity index (χ0v) is 13.4. The van der Waals surface area contributed by atoms with Gasteiger partial charge in [0.2, 0.25) is 0 Å². The number of carbonyl (C=O) groups excluding carboxylic acids is 1. The predicted molar refractivity (Wildman–Crippen MR) is 90.2 cm³/mol. The fourth-order valence-corrected chi connectivity index (χ4v) is 3.07. The fourth-order valence-electron chi connectivity index (χ4n) is 3.07. The van der Waals surface area contributed by atoms with Gasteiger partial charge in [0.15, 0.2) is 0 Å². The minimum atomic E-state index is -0.576. The highest BCUT2D eigenvalue weighted by atomic mass is 16.3. The molecule has 0 bridgehead atoms. The monoisotopic (exact) mass is 310 g/mol. The molecule has 0 fully saturated rings. The SMILES string of the molecule is Cc1ccc(C(C)NC(=O)NC2c3ccccc3CC2O)cc1. The molecule has 4 nitrogen and oxygen atoms in total. The van der Waals surface area contributed by atoms with Crippen LogP contribution in [0.1, 0.15) is 41.3 Å². The molecule has 4 heteroatoms. The number of aliphatic hydroxyl groups excluding tert-OH is 1. The summed E-state index contributed by atoms with van der Waals surface area (Å²) >= 11 is 0. The molecule has 3 rings (SSSR count). The van der Waals surface area contributed by atoms with E-state index in [2.05, 4.69) is 10.6 Å². The molecule has 1 aliphatic carbocycles. The molecular formula is C19H22N2O2. The second kappa shape index (κ2) is 6.42. The molecule has 2 aromatic carbocycles. The van der Waals surface area contributed by atoms with Gasteiger partial charge in [0.1, 0.15) is 0 Å². The molecule has 2 amide bonds. The summed E-state index contributed by atoms with van der Waals surface area (Å²) in [5.41, 5.74) is 4.34. The Morgan fingerprint density at radius 1 is 1.17 bits per heavy atom. The summed E-state index contributed by atoms with van der Waals surface area (Å²) in [6.45, 7) is 3.98. The Kier molecular flexibility index (Phi) is 4.35. The fraction of sp³-hybridized carbons (Fsp3) is 0.316. The number of amides is 2. The molecule has 2 aromatic rings. The Labute approximate surface area is 136 Å². The van der Waals surface area contributed by atoms with E-state index in [0.717, 1.165) is 16.7 Å². The molecule has 3 atom stereocenters. The molecular weight excluding hydrogens is 288 g/mol. The highest BCUT2D eigenvalue weighted by Crippen LogP contribution is 2.31. The second-order valence-corrected chi connectivity index (χ2v) is 6.20. The van der Waals surface area contributed by atoms with Gasteiger partial charge in [-0.05, 0) is 30.5 Å². The average Bonchev–Trinajstić information content (AvgIpc) is 2.84. The Bertz CT molecular complexity index is 697. The van der Waals surface area contributed by atoms with E-state index in [-0.39, 0.29) is 18.1 Å². The highest BCUT2D eigenvalue weighted by Gasteiger charge is 2.32. The lowest BCUT2D eigenvalue weighted by Crippen LogP contribution is -2.41. The number of carbonyl (C=O) groups is 1. The summed E-state index contributed by atoms with van der Waals surface area (Å²) in [7, 11) is 0. The standard InChI is InChI=1S/C19H22N2O2/c1-12-7-9-14(10-8-12)13(2)20-19(23)21-18-16-6-4-3-5-15(16)11-17(18)22/h3-10,13,17-18,22H,11H2,1-2H3,(H2,20,21,23). The van der Waals surface area contributed by atoms with Crippen LogP contribution in [0.5, 0.6) is 0 Å². The van der Waals surface area contributed by atoms with Gasteiger partial charge in [-0.3, -0.25) is 0 Å². The van der Waals surface area contributed by atoms with E-state index in [9.17, 15) is 9.90 Å². The lowest BCUT2D eigenvalue weighted by molar-refractivity contribution is 0.142. The first-order valence-electron chi connectivity index (χ1n) is 7.94. The highest BCUT2D eigenvalue weighted by molar-refractivity contribution is 5.75. The topological polar surface area (TPSA) is 61.4 Å². The van der Waals surface area contributed by atoms with Crippen molar-refractivity contribution in [3.05, 3.63) is 70.8 Å². The van der Waals surface area contributed by atoms with E-state index in [1.54, 1.807) is 0 Å². The van der Waals surface area contributed by atoms with Crippen LogP contribution in [0.25, 0.3) is 0 Å². The van der Waals surface area contributed by atoms with Crippen LogP contribution < -0.4 is 10.6 Å². The minimum absolute atomic E-state index is 0.0932. The number of aliphatic hydroxyl groups is 1. The largest absolute Gasteiger partial charge is 0.390 e. The van der Waals surface area contributed by atoms with Crippen molar-refractivity contribution in [1.82, 2.24) is 10.6 Å². The number of urea groups is 1. The number of hydrogen-bond donors (Lipinski definition) is 3. The van der Waals surface area contributed by atoms with Crippen molar-refractivity contribution >= 4 is 6.03 Å². The average molecular weight is 310 g/mol. The zero-order valence-electron chi connectivity index (χ0n) is 13.4. The molecule has 0 spiro atoms. The van der Waals surface area contributed by atoms with Crippen molar-refractivity contribution in [2.75, 3.05) is 0 Å². The summed E-state index contributed by atoms with van der Waals surface area (Å²) in [6.07, 6.45) is 0.00193. The molecule has 1 aliphatic rings. The summed E-state index contributed by atoms with van der Waals surface area (Å²) in [5, 5.41) is 16.0. The summed E-state index contributed by atoms with van der Waals surface area (Å²) < 4.78 is 0. The second-order valence-electron chi connectivity index (χ2n) is 6.20. The summed E-state index contributed by atoms with van der Waals surface area (Å²) in [5.74, 6) is 0. The Balaban J connectivity index is 1.64. The van der Waals surface area contributed by atoms with E-state index in [4.69, 9.17) is 0 Å². The maximum absolute atomic E-state index is 12.3. The van der Waals surface area contributed by atoms with E-state index >= 15 is 0 Å². The summed E-state index contributed by atoms with van der Waals surface area (Å²) in [4.78, 5) is 12.3. The first-order chi connectivity index (χ1) is 11.0. The number of fused-ring (bicyclic) bond motifs is 1. The predicted octanol–water partition coefficient (Wildman–Crippen LogP) is 3.01. The molecule has 0 saturated heterocycles. The van der Waals surface area contributed by atoms with Gasteiger partial charge >= 0.3 is 6.03 Å². The first-order valence-corrected chi connectivity index (χ1v) is 7.94. The molecule has 120 valence electrons. The molecule has 3 unspecified atom stereocenters. The maximum Gasteiger partial charge on any atom is 0.315 e.